The molecule has 1 N–H and O–H groups in total. The molecule has 5 heteroatoms. The van der Waals surface area contributed by atoms with Crippen molar-refractivity contribution in [3.05, 3.63) is 47.0 Å². The lowest BCUT2D eigenvalue weighted by Gasteiger charge is -2.32. The zero-order valence-corrected chi connectivity index (χ0v) is 13.3. The van der Waals surface area contributed by atoms with Gasteiger partial charge in [0, 0.05) is 42.7 Å². The van der Waals surface area contributed by atoms with Crippen LogP contribution in [0.4, 0.5) is 0 Å². The van der Waals surface area contributed by atoms with Gasteiger partial charge in [-0.2, -0.15) is 5.10 Å². The lowest BCUT2D eigenvalue weighted by molar-refractivity contribution is 0.0700. The van der Waals surface area contributed by atoms with Gasteiger partial charge in [-0.15, -0.1) is 0 Å². The summed E-state index contributed by atoms with van der Waals surface area (Å²) in [6.45, 7) is 1.62. The summed E-state index contributed by atoms with van der Waals surface area (Å²) in [6, 6.07) is 4.13. The Morgan fingerprint density at radius 3 is 2.87 bits per heavy atom. The maximum atomic E-state index is 12.9. The lowest BCUT2D eigenvalue weighted by Crippen LogP contribution is -2.39. The summed E-state index contributed by atoms with van der Waals surface area (Å²) in [5.74, 6) is 0.508. The number of hydrogen-bond acceptors (Lipinski definition) is 3. The minimum Gasteiger partial charge on any atom is -0.337 e. The van der Waals surface area contributed by atoms with E-state index in [9.17, 15) is 4.79 Å². The molecular weight excluding hydrogens is 288 g/mol. The topological polar surface area (TPSA) is 61.9 Å². The Labute approximate surface area is 136 Å². The highest BCUT2D eigenvalue weighted by Gasteiger charge is 2.29. The van der Waals surface area contributed by atoms with Crippen LogP contribution in [-0.4, -0.2) is 39.1 Å². The van der Waals surface area contributed by atoms with E-state index >= 15 is 0 Å². The number of nitrogens with zero attached hydrogens (tertiary/aromatic N) is 3. The van der Waals surface area contributed by atoms with Crippen molar-refractivity contribution in [2.24, 2.45) is 0 Å². The third kappa shape index (κ3) is 2.76. The van der Waals surface area contributed by atoms with E-state index in [0.717, 1.165) is 50.8 Å². The molecule has 1 aliphatic carbocycles. The SMILES string of the molecule is O=C(c1n[nH]c2c1CCCC2)N1CCCC(c2ccncc2)C1. The quantitative estimate of drug-likeness (QED) is 0.927. The van der Waals surface area contributed by atoms with Gasteiger partial charge in [0.1, 0.15) is 0 Å². The first-order valence-corrected chi connectivity index (χ1v) is 8.58. The maximum Gasteiger partial charge on any atom is 0.274 e. The molecule has 1 fully saturated rings. The molecule has 1 amide bonds. The molecule has 1 unspecified atom stereocenters. The van der Waals surface area contributed by atoms with Gasteiger partial charge >= 0.3 is 0 Å². The van der Waals surface area contributed by atoms with Crippen molar-refractivity contribution in [3.63, 3.8) is 0 Å². The number of amides is 1. The molecule has 4 rings (SSSR count). The summed E-state index contributed by atoms with van der Waals surface area (Å²) in [5, 5.41) is 7.43. The van der Waals surface area contributed by atoms with Crippen molar-refractivity contribution in [2.45, 2.75) is 44.4 Å². The fourth-order valence-electron chi connectivity index (χ4n) is 3.88. The van der Waals surface area contributed by atoms with Gasteiger partial charge in [0.05, 0.1) is 0 Å². The van der Waals surface area contributed by atoms with Gasteiger partial charge in [-0.25, -0.2) is 0 Å². The molecule has 2 aliphatic rings. The first-order chi connectivity index (χ1) is 11.3. The zero-order valence-electron chi connectivity index (χ0n) is 13.3. The van der Waals surface area contributed by atoms with Crippen LogP contribution < -0.4 is 0 Å². The summed E-state index contributed by atoms with van der Waals surface area (Å²) in [7, 11) is 0. The average molecular weight is 310 g/mol. The second-order valence-electron chi connectivity index (χ2n) is 6.61. The van der Waals surface area contributed by atoms with E-state index in [2.05, 4.69) is 27.3 Å². The third-order valence-electron chi connectivity index (χ3n) is 5.15. The van der Waals surface area contributed by atoms with Crippen LogP contribution in [0.5, 0.6) is 0 Å². The van der Waals surface area contributed by atoms with Gasteiger partial charge in [-0.1, -0.05) is 0 Å². The number of rotatable bonds is 2. The second-order valence-corrected chi connectivity index (χ2v) is 6.61. The highest BCUT2D eigenvalue weighted by Crippen LogP contribution is 2.29. The fraction of sp³-hybridized carbons (Fsp3) is 0.500. The molecule has 1 atom stereocenters. The molecule has 0 saturated carbocycles. The molecule has 0 spiro atoms. The third-order valence-corrected chi connectivity index (χ3v) is 5.15. The molecule has 0 bridgehead atoms. The largest absolute Gasteiger partial charge is 0.337 e. The number of nitrogens with one attached hydrogen (secondary N) is 1. The van der Waals surface area contributed by atoms with E-state index in [0.29, 0.717) is 11.6 Å². The summed E-state index contributed by atoms with van der Waals surface area (Å²) in [6.07, 6.45) is 10.2. The summed E-state index contributed by atoms with van der Waals surface area (Å²) >= 11 is 0. The molecule has 3 heterocycles. The zero-order chi connectivity index (χ0) is 15.6. The number of likely N-dealkylation sites (tertiary alicyclic amines) is 1. The second kappa shape index (κ2) is 6.14. The van der Waals surface area contributed by atoms with Crippen molar-refractivity contribution in [1.82, 2.24) is 20.1 Å². The lowest BCUT2D eigenvalue weighted by atomic mass is 9.90. The van der Waals surface area contributed by atoms with Crippen LogP contribution in [0, 0.1) is 0 Å². The van der Waals surface area contributed by atoms with Gasteiger partial charge < -0.3 is 4.90 Å². The molecule has 120 valence electrons. The molecule has 1 saturated heterocycles. The number of aryl methyl sites for hydroxylation is 1. The van der Waals surface area contributed by atoms with Crippen molar-refractivity contribution >= 4 is 5.91 Å². The number of carbonyl (C=O) groups is 1. The molecular formula is C18H22N4O. The number of pyridine rings is 1. The molecule has 1 aliphatic heterocycles. The predicted octanol–water partition coefficient (Wildman–Crippen LogP) is 2.70. The molecule has 23 heavy (non-hydrogen) atoms. The van der Waals surface area contributed by atoms with E-state index in [4.69, 9.17) is 0 Å². The van der Waals surface area contributed by atoms with Gasteiger partial charge in [0.25, 0.3) is 5.91 Å². The van der Waals surface area contributed by atoms with Crippen LogP contribution in [0.2, 0.25) is 0 Å². The van der Waals surface area contributed by atoms with Gasteiger partial charge in [-0.3, -0.25) is 14.9 Å². The Hall–Kier alpha value is -2.17. The maximum absolute atomic E-state index is 12.9. The highest BCUT2D eigenvalue weighted by molar-refractivity contribution is 5.94. The summed E-state index contributed by atoms with van der Waals surface area (Å²) in [4.78, 5) is 19.0. The van der Waals surface area contributed by atoms with Crippen LogP contribution in [0.15, 0.2) is 24.5 Å². The summed E-state index contributed by atoms with van der Waals surface area (Å²) in [5.41, 5.74) is 4.27. The predicted molar refractivity (Wildman–Crippen MR) is 87.3 cm³/mol. The minimum absolute atomic E-state index is 0.100. The van der Waals surface area contributed by atoms with Crippen LogP contribution in [-0.2, 0) is 12.8 Å². The normalized spacial score (nSPS) is 21.0. The molecule has 2 aromatic rings. The number of piperidine rings is 1. The Balaban J connectivity index is 1.53. The minimum atomic E-state index is 0.100. The van der Waals surface area contributed by atoms with Gasteiger partial charge in [-0.05, 0) is 56.2 Å². The number of aromatic nitrogens is 3. The van der Waals surface area contributed by atoms with E-state index < -0.39 is 0 Å². The molecule has 2 aromatic heterocycles. The van der Waals surface area contributed by atoms with Gasteiger partial charge in [0.2, 0.25) is 0 Å². The first-order valence-electron chi connectivity index (χ1n) is 8.58. The van der Waals surface area contributed by atoms with E-state index in [1.807, 2.05) is 17.3 Å². The Morgan fingerprint density at radius 1 is 1.17 bits per heavy atom. The average Bonchev–Trinajstić information content (AvgIpc) is 3.06. The number of carbonyl (C=O) groups excluding carboxylic acids is 1. The number of H-pyrrole nitrogens is 1. The van der Waals surface area contributed by atoms with Crippen LogP contribution in [0.1, 0.15) is 58.9 Å². The first kappa shape index (κ1) is 14.4. The molecule has 0 radical (unpaired) electrons. The van der Waals surface area contributed by atoms with E-state index in [1.54, 1.807) is 0 Å². The van der Waals surface area contributed by atoms with Crippen LogP contribution in [0.3, 0.4) is 0 Å². The highest BCUT2D eigenvalue weighted by atomic mass is 16.2. The van der Waals surface area contributed by atoms with E-state index in [-0.39, 0.29) is 5.91 Å². The van der Waals surface area contributed by atoms with Gasteiger partial charge in [0.15, 0.2) is 5.69 Å². The standard InChI is InChI=1S/C18H22N4O/c23-18(17-15-5-1-2-6-16(15)20-21-17)22-11-3-4-14(12-22)13-7-9-19-10-8-13/h7-10,14H,1-6,11-12H2,(H,20,21). The van der Waals surface area contributed by atoms with Crippen molar-refractivity contribution in [3.8, 4) is 0 Å². The fourth-order valence-corrected chi connectivity index (χ4v) is 3.88. The Morgan fingerprint density at radius 2 is 2.00 bits per heavy atom. The number of aromatic amines is 1. The number of hydrogen-bond donors (Lipinski definition) is 1. The Bertz CT molecular complexity index is 694. The monoisotopic (exact) mass is 310 g/mol. The summed E-state index contributed by atoms with van der Waals surface area (Å²) < 4.78 is 0. The van der Waals surface area contributed by atoms with Crippen LogP contribution >= 0.6 is 0 Å². The van der Waals surface area contributed by atoms with Crippen molar-refractivity contribution in [2.75, 3.05) is 13.1 Å². The smallest absolute Gasteiger partial charge is 0.274 e. The van der Waals surface area contributed by atoms with Crippen LogP contribution in [0.25, 0.3) is 0 Å². The molecule has 5 nitrogen and oxygen atoms in total. The Kier molecular flexibility index (Phi) is 3.85. The van der Waals surface area contributed by atoms with Crippen molar-refractivity contribution < 1.29 is 4.79 Å². The van der Waals surface area contributed by atoms with E-state index in [1.165, 1.54) is 17.7 Å². The van der Waals surface area contributed by atoms with Crippen molar-refractivity contribution in [1.29, 1.82) is 0 Å². The number of fused-ring (bicyclic) bond motifs is 1. The molecule has 0 aromatic carbocycles.